The van der Waals surface area contributed by atoms with Crippen molar-refractivity contribution in [3.63, 3.8) is 0 Å². The molecule has 0 spiro atoms. The van der Waals surface area contributed by atoms with Crippen LogP contribution in [0.25, 0.3) is 0 Å². The lowest BCUT2D eigenvalue weighted by Crippen LogP contribution is -2.47. The maximum Gasteiger partial charge on any atom is 0.254 e. The van der Waals surface area contributed by atoms with Crippen LogP contribution >= 0.6 is 11.6 Å². The summed E-state index contributed by atoms with van der Waals surface area (Å²) in [4.78, 5) is 26.5. The number of morpholine rings is 1. The number of carbonyl (C=O) groups excluding carboxylic acids is 2. The molecule has 1 unspecified atom stereocenters. The second kappa shape index (κ2) is 8.34. The molecule has 3 rings (SSSR count). The van der Waals surface area contributed by atoms with Crippen LogP contribution in [0.4, 0.5) is 5.69 Å². The maximum atomic E-state index is 12.6. The number of hydrogen-bond acceptors (Lipinski definition) is 3. The summed E-state index contributed by atoms with van der Waals surface area (Å²) in [5.74, 6) is -0.131. The van der Waals surface area contributed by atoms with Crippen molar-refractivity contribution in [3.8, 4) is 0 Å². The first kappa shape index (κ1) is 18.4. The number of hydrogen-bond donors (Lipinski definition) is 1. The zero-order valence-electron chi connectivity index (χ0n) is 14.6. The van der Waals surface area contributed by atoms with Gasteiger partial charge in [0.2, 0.25) is 5.91 Å². The zero-order chi connectivity index (χ0) is 18.5. The van der Waals surface area contributed by atoms with Crippen LogP contribution in [0.2, 0.25) is 5.02 Å². The highest BCUT2D eigenvalue weighted by molar-refractivity contribution is 6.30. The van der Waals surface area contributed by atoms with Crippen LogP contribution in [0, 0.1) is 0 Å². The summed E-state index contributed by atoms with van der Waals surface area (Å²) in [5.41, 5.74) is 2.16. The molecule has 1 atom stereocenters. The van der Waals surface area contributed by atoms with E-state index in [1.807, 2.05) is 24.0 Å². The van der Waals surface area contributed by atoms with Crippen LogP contribution < -0.4 is 5.32 Å². The minimum atomic E-state index is -0.117. The average Bonchev–Trinajstić information content (AvgIpc) is 2.64. The van der Waals surface area contributed by atoms with Gasteiger partial charge in [0.15, 0.2) is 0 Å². The van der Waals surface area contributed by atoms with Crippen molar-refractivity contribution in [2.75, 3.05) is 25.1 Å². The van der Waals surface area contributed by atoms with Crippen molar-refractivity contribution < 1.29 is 14.3 Å². The molecule has 0 bridgehead atoms. The quantitative estimate of drug-likeness (QED) is 0.895. The Labute approximate surface area is 157 Å². The molecule has 136 valence electrons. The summed E-state index contributed by atoms with van der Waals surface area (Å²) in [7, 11) is 0. The van der Waals surface area contributed by atoms with Gasteiger partial charge in [-0.05, 0) is 48.9 Å². The normalized spacial score (nSPS) is 17.0. The molecule has 6 heteroatoms. The van der Waals surface area contributed by atoms with Gasteiger partial charge in [0.25, 0.3) is 5.91 Å². The molecule has 2 aromatic carbocycles. The van der Waals surface area contributed by atoms with Gasteiger partial charge >= 0.3 is 0 Å². The molecule has 1 N–H and O–H groups in total. The molecule has 2 aromatic rings. The highest BCUT2D eigenvalue weighted by Gasteiger charge is 2.24. The summed E-state index contributed by atoms with van der Waals surface area (Å²) in [6.45, 7) is 3.70. The molecular formula is C20H21ClN2O3. The van der Waals surface area contributed by atoms with Crippen molar-refractivity contribution >= 4 is 29.1 Å². The van der Waals surface area contributed by atoms with Gasteiger partial charge < -0.3 is 15.0 Å². The molecule has 26 heavy (non-hydrogen) atoms. The van der Waals surface area contributed by atoms with Crippen LogP contribution in [-0.2, 0) is 16.0 Å². The van der Waals surface area contributed by atoms with Crippen molar-refractivity contribution in [1.82, 2.24) is 4.90 Å². The first-order chi connectivity index (χ1) is 12.5. The first-order valence-electron chi connectivity index (χ1n) is 8.56. The summed E-state index contributed by atoms with van der Waals surface area (Å²) in [6, 6.07) is 14.2. The van der Waals surface area contributed by atoms with Gasteiger partial charge in [-0.15, -0.1) is 0 Å². The number of nitrogens with zero attached hydrogens (tertiary/aromatic N) is 1. The lowest BCUT2D eigenvalue weighted by atomic mass is 10.1. The molecule has 1 saturated heterocycles. The molecule has 0 aromatic heterocycles. The molecule has 1 aliphatic heterocycles. The third-order valence-electron chi connectivity index (χ3n) is 4.32. The van der Waals surface area contributed by atoms with E-state index in [0.717, 1.165) is 5.56 Å². The van der Waals surface area contributed by atoms with E-state index in [0.29, 0.717) is 36.0 Å². The van der Waals surface area contributed by atoms with E-state index < -0.39 is 0 Å². The Morgan fingerprint density at radius 2 is 1.85 bits per heavy atom. The van der Waals surface area contributed by atoms with Gasteiger partial charge in [-0.3, -0.25) is 9.59 Å². The Bertz CT molecular complexity index is 775. The summed E-state index contributed by atoms with van der Waals surface area (Å²) < 4.78 is 5.37. The lowest BCUT2D eigenvalue weighted by Gasteiger charge is -2.33. The predicted octanol–water partition coefficient (Wildman–Crippen LogP) is 3.38. The highest BCUT2D eigenvalue weighted by Crippen LogP contribution is 2.16. The average molecular weight is 373 g/mol. The Kier molecular flexibility index (Phi) is 5.91. The van der Waals surface area contributed by atoms with E-state index in [2.05, 4.69) is 5.32 Å². The van der Waals surface area contributed by atoms with Gasteiger partial charge in [-0.25, -0.2) is 0 Å². The Balaban J connectivity index is 1.59. The number of rotatable bonds is 4. The number of amides is 2. The molecule has 1 heterocycles. The van der Waals surface area contributed by atoms with Crippen molar-refractivity contribution in [2.45, 2.75) is 19.4 Å². The van der Waals surface area contributed by atoms with Crippen LogP contribution in [-0.4, -0.2) is 42.5 Å². The Hall–Kier alpha value is -2.37. The van der Waals surface area contributed by atoms with E-state index in [-0.39, 0.29) is 24.3 Å². The van der Waals surface area contributed by atoms with Crippen molar-refractivity contribution in [2.24, 2.45) is 0 Å². The van der Waals surface area contributed by atoms with Crippen LogP contribution in [0.15, 0.2) is 48.5 Å². The molecule has 0 aliphatic carbocycles. The molecular weight excluding hydrogens is 352 g/mol. The Morgan fingerprint density at radius 1 is 1.15 bits per heavy atom. The second-order valence-electron chi connectivity index (χ2n) is 6.35. The topological polar surface area (TPSA) is 58.6 Å². The van der Waals surface area contributed by atoms with E-state index in [4.69, 9.17) is 16.3 Å². The number of benzene rings is 2. The largest absolute Gasteiger partial charge is 0.377 e. The smallest absolute Gasteiger partial charge is 0.254 e. The highest BCUT2D eigenvalue weighted by atomic mass is 35.5. The zero-order valence-corrected chi connectivity index (χ0v) is 15.3. The molecule has 1 aliphatic rings. The van der Waals surface area contributed by atoms with Gasteiger partial charge in [-0.1, -0.05) is 23.7 Å². The van der Waals surface area contributed by atoms with Gasteiger partial charge in [0.05, 0.1) is 25.7 Å². The van der Waals surface area contributed by atoms with E-state index in [1.54, 1.807) is 36.4 Å². The SMILES string of the molecule is CC1COCCN1C(=O)c1ccc(NC(=O)Cc2ccc(Cl)cc2)cc1. The number of anilines is 1. The van der Waals surface area contributed by atoms with Crippen molar-refractivity contribution in [3.05, 3.63) is 64.7 Å². The summed E-state index contributed by atoms with van der Waals surface area (Å²) >= 11 is 5.84. The molecule has 0 saturated carbocycles. The summed E-state index contributed by atoms with van der Waals surface area (Å²) in [5, 5.41) is 3.49. The fourth-order valence-corrected chi connectivity index (χ4v) is 3.01. The number of nitrogens with one attached hydrogen (secondary N) is 1. The van der Waals surface area contributed by atoms with Crippen LogP contribution in [0.5, 0.6) is 0 Å². The first-order valence-corrected chi connectivity index (χ1v) is 8.94. The van der Waals surface area contributed by atoms with Gasteiger partial charge in [-0.2, -0.15) is 0 Å². The molecule has 0 radical (unpaired) electrons. The summed E-state index contributed by atoms with van der Waals surface area (Å²) in [6.07, 6.45) is 0.267. The number of halogens is 1. The third kappa shape index (κ3) is 4.62. The maximum absolute atomic E-state index is 12.6. The van der Waals surface area contributed by atoms with E-state index in [9.17, 15) is 9.59 Å². The monoisotopic (exact) mass is 372 g/mol. The van der Waals surface area contributed by atoms with Crippen LogP contribution in [0.3, 0.4) is 0 Å². The van der Waals surface area contributed by atoms with Crippen molar-refractivity contribution in [1.29, 1.82) is 0 Å². The van der Waals surface area contributed by atoms with E-state index >= 15 is 0 Å². The predicted molar refractivity (Wildman–Crippen MR) is 102 cm³/mol. The molecule has 2 amide bonds. The van der Waals surface area contributed by atoms with E-state index in [1.165, 1.54) is 0 Å². The fourth-order valence-electron chi connectivity index (χ4n) is 2.88. The van der Waals surface area contributed by atoms with Gasteiger partial charge in [0, 0.05) is 22.8 Å². The standard InChI is InChI=1S/C20H21ClN2O3/c1-14-13-26-11-10-23(14)20(25)16-4-8-18(9-5-16)22-19(24)12-15-2-6-17(21)7-3-15/h2-9,14H,10-13H2,1H3,(H,22,24). The third-order valence-corrected chi connectivity index (χ3v) is 4.57. The lowest BCUT2D eigenvalue weighted by molar-refractivity contribution is -0.115. The molecule has 1 fully saturated rings. The van der Waals surface area contributed by atoms with Gasteiger partial charge in [0.1, 0.15) is 0 Å². The number of carbonyl (C=O) groups is 2. The fraction of sp³-hybridized carbons (Fsp3) is 0.300. The second-order valence-corrected chi connectivity index (χ2v) is 6.79. The Morgan fingerprint density at radius 3 is 2.50 bits per heavy atom. The number of ether oxygens (including phenoxy) is 1. The minimum Gasteiger partial charge on any atom is -0.377 e. The minimum absolute atomic E-state index is 0.0140. The molecule has 5 nitrogen and oxygen atoms in total. The van der Waals surface area contributed by atoms with Crippen LogP contribution in [0.1, 0.15) is 22.8 Å².